The van der Waals surface area contributed by atoms with E-state index in [1.54, 1.807) is 24.3 Å². The van der Waals surface area contributed by atoms with Crippen LogP contribution in [0.15, 0.2) is 48.5 Å². The Labute approximate surface area is 154 Å². The van der Waals surface area contributed by atoms with Gasteiger partial charge in [-0.2, -0.15) is 0 Å². The molecule has 3 N–H and O–H groups in total. The third kappa shape index (κ3) is 5.46. The van der Waals surface area contributed by atoms with Gasteiger partial charge in [0.25, 0.3) is 5.91 Å². The van der Waals surface area contributed by atoms with E-state index in [1.807, 2.05) is 12.1 Å². The molecular weight excluding hydrogens is 338 g/mol. The van der Waals surface area contributed by atoms with Crippen LogP contribution in [-0.2, 0) is 17.8 Å². The van der Waals surface area contributed by atoms with Crippen LogP contribution in [0.5, 0.6) is 0 Å². The summed E-state index contributed by atoms with van der Waals surface area (Å²) in [6.07, 6.45) is 0. The smallest absolute Gasteiger partial charge is 0.251 e. The number of anilines is 1. The molecular formula is C19H24ClN3O2. The number of amides is 1. The summed E-state index contributed by atoms with van der Waals surface area (Å²) in [5.74, 6) is -0.0869. The first kappa shape index (κ1) is 19.2. The summed E-state index contributed by atoms with van der Waals surface area (Å²) in [6, 6.07) is 15.2. The van der Waals surface area contributed by atoms with Crippen molar-refractivity contribution in [3.8, 4) is 0 Å². The Morgan fingerprint density at radius 1 is 1.04 bits per heavy atom. The van der Waals surface area contributed by atoms with Crippen LogP contribution in [0.3, 0.4) is 0 Å². The molecule has 1 aliphatic rings. The summed E-state index contributed by atoms with van der Waals surface area (Å²) in [5.41, 5.74) is 9.32. The number of nitrogen functional groups attached to an aromatic ring is 1. The molecule has 0 aliphatic carbocycles. The van der Waals surface area contributed by atoms with Gasteiger partial charge in [0, 0.05) is 37.4 Å². The number of ether oxygens (including phenoxy) is 1. The van der Waals surface area contributed by atoms with E-state index in [0.717, 1.165) is 38.4 Å². The number of nitrogens with zero attached hydrogens (tertiary/aromatic N) is 1. The first-order chi connectivity index (χ1) is 11.7. The number of hydrogen-bond donors (Lipinski definition) is 2. The van der Waals surface area contributed by atoms with Gasteiger partial charge in [0.05, 0.1) is 13.2 Å². The summed E-state index contributed by atoms with van der Waals surface area (Å²) in [6.45, 7) is 4.88. The molecule has 2 aromatic rings. The van der Waals surface area contributed by atoms with E-state index in [4.69, 9.17) is 10.5 Å². The zero-order valence-corrected chi connectivity index (χ0v) is 14.9. The van der Waals surface area contributed by atoms with Crippen molar-refractivity contribution in [1.82, 2.24) is 10.2 Å². The van der Waals surface area contributed by atoms with Gasteiger partial charge in [-0.3, -0.25) is 9.69 Å². The van der Waals surface area contributed by atoms with Crippen molar-refractivity contribution in [1.29, 1.82) is 0 Å². The highest BCUT2D eigenvalue weighted by Gasteiger charge is 2.13. The number of hydrogen-bond acceptors (Lipinski definition) is 4. The number of nitrogens with two attached hydrogens (primary N) is 1. The Bertz CT molecular complexity index is 685. The SMILES string of the molecule is Cl.Nc1ccc(C(=O)NCc2ccccc2CN2CCOCC2)cc1. The monoisotopic (exact) mass is 361 g/mol. The van der Waals surface area contributed by atoms with E-state index in [0.29, 0.717) is 17.8 Å². The van der Waals surface area contributed by atoms with Crippen molar-refractivity contribution in [2.45, 2.75) is 13.1 Å². The van der Waals surface area contributed by atoms with E-state index >= 15 is 0 Å². The summed E-state index contributed by atoms with van der Waals surface area (Å²) >= 11 is 0. The Kier molecular flexibility index (Phi) is 7.25. The summed E-state index contributed by atoms with van der Waals surface area (Å²) < 4.78 is 5.40. The average Bonchev–Trinajstić information content (AvgIpc) is 2.62. The minimum absolute atomic E-state index is 0. The quantitative estimate of drug-likeness (QED) is 0.803. The highest BCUT2D eigenvalue weighted by atomic mass is 35.5. The minimum atomic E-state index is -0.0869. The summed E-state index contributed by atoms with van der Waals surface area (Å²) in [4.78, 5) is 14.6. The number of morpholine rings is 1. The van der Waals surface area contributed by atoms with Crippen LogP contribution in [0.4, 0.5) is 5.69 Å². The number of benzene rings is 2. The fourth-order valence-electron chi connectivity index (χ4n) is 2.80. The van der Waals surface area contributed by atoms with Crippen LogP contribution in [0.1, 0.15) is 21.5 Å². The lowest BCUT2D eigenvalue weighted by Gasteiger charge is -2.27. The Hall–Kier alpha value is -2.08. The average molecular weight is 362 g/mol. The molecule has 0 unspecified atom stereocenters. The summed E-state index contributed by atoms with van der Waals surface area (Å²) in [7, 11) is 0. The molecule has 1 saturated heterocycles. The first-order valence-electron chi connectivity index (χ1n) is 8.23. The van der Waals surface area contributed by atoms with Crippen molar-refractivity contribution in [2.24, 2.45) is 0 Å². The van der Waals surface area contributed by atoms with Gasteiger partial charge in [0.1, 0.15) is 0 Å². The highest BCUT2D eigenvalue weighted by Crippen LogP contribution is 2.13. The van der Waals surface area contributed by atoms with Crippen LogP contribution in [0, 0.1) is 0 Å². The maximum Gasteiger partial charge on any atom is 0.251 e. The third-order valence-corrected chi connectivity index (χ3v) is 4.23. The molecule has 0 aromatic heterocycles. The van der Waals surface area contributed by atoms with E-state index < -0.39 is 0 Å². The maximum absolute atomic E-state index is 12.3. The van der Waals surface area contributed by atoms with Crippen molar-refractivity contribution in [3.63, 3.8) is 0 Å². The van der Waals surface area contributed by atoms with Gasteiger partial charge in [-0.1, -0.05) is 24.3 Å². The molecule has 1 amide bonds. The predicted octanol–water partition coefficient (Wildman–Crippen LogP) is 2.45. The number of rotatable bonds is 5. The third-order valence-electron chi connectivity index (χ3n) is 4.23. The zero-order chi connectivity index (χ0) is 16.8. The van der Waals surface area contributed by atoms with Gasteiger partial charge in [-0.25, -0.2) is 0 Å². The number of halogens is 1. The van der Waals surface area contributed by atoms with E-state index in [9.17, 15) is 4.79 Å². The second-order valence-electron chi connectivity index (χ2n) is 5.96. The number of nitrogens with one attached hydrogen (secondary N) is 1. The Balaban J connectivity index is 0.00000225. The van der Waals surface area contributed by atoms with Gasteiger partial charge in [0.2, 0.25) is 0 Å². The Morgan fingerprint density at radius 3 is 2.36 bits per heavy atom. The van der Waals surface area contributed by atoms with Gasteiger partial charge >= 0.3 is 0 Å². The normalized spacial score (nSPS) is 14.6. The van der Waals surface area contributed by atoms with Crippen molar-refractivity contribution < 1.29 is 9.53 Å². The van der Waals surface area contributed by atoms with Gasteiger partial charge < -0.3 is 15.8 Å². The zero-order valence-electron chi connectivity index (χ0n) is 14.1. The Morgan fingerprint density at radius 2 is 1.68 bits per heavy atom. The first-order valence-corrected chi connectivity index (χ1v) is 8.23. The molecule has 6 heteroatoms. The molecule has 3 rings (SSSR count). The van der Waals surface area contributed by atoms with Crippen molar-refractivity contribution >= 4 is 24.0 Å². The molecule has 1 heterocycles. The molecule has 5 nitrogen and oxygen atoms in total. The fraction of sp³-hybridized carbons (Fsp3) is 0.316. The molecule has 0 saturated carbocycles. The van der Waals surface area contributed by atoms with Crippen LogP contribution in [0.25, 0.3) is 0 Å². The fourth-order valence-corrected chi connectivity index (χ4v) is 2.80. The molecule has 0 atom stereocenters. The van der Waals surface area contributed by atoms with E-state index in [2.05, 4.69) is 22.3 Å². The highest BCUT2D eigenvalue weighted by molar-refractivity contribution is 5.94. The predicted molar refractivity (Wildman–Crippen MR) is 102 cm³/mol. The van der Waals surface area contributed by atoms with Gasteiger partial charge in [0.15, 0.2) is 0 Å². The molecule has 0 spiro atoms. The molecule has 0 bridgehead atoms. The van der Waals surface area contributed by atoms with Crippen LogP contribution in [0.2, 0.25) is 0 Å². The number of carbonyl (C=O) groups excluding carboxylic acids is 1. The molecule has 0 radical (unpaired) electrons. The number of carbonyl (C=O) groups is 1. The van der Waals surface area contributed by atoms with E-state index in [-0.39, 0.29) is 18.3 Å². The standard InChI is InChI=1S/C19H23N3O2.ClH/c20-18-7-5-15(6-8-18)19(23)21-13-16-3-1-2-4-17(16)14-22-9-11-24-12-10-22;/h1-8H,9-14,20H2,(H,21,23);1H. The van der Waals surface area contributed by atoms with Crippen LogP contribution in [-0.4, -0.2) is 37.1 Å². The lowest BCUT2D eigenvalue weighted by Crippen LogP contribution is -2.36. The lowest BCUT2D eigenvalue weighted by atomic mass is 10.1. The van der Waals surface area contributed by atoms with E-state index in [1.165, 1.54) is 5.56 Å². The topological polar surface area (TPSA) is 67.6 Å². The molecule has 25 heavy (non-hydrogen) atoms. The largest absolute Gasteiger partial charge is 0.399 e. The second-order valence-corrected chi connectivity index (χ2v) is 5.96. The second kappa shape index (κ2) is 9.42. The lowest BCUT2D eigenvalue weighted by molar-refractivity contribution is 0.0340. The van der Waals surface area contributed by atoms with Crippen LogP contribution < -0.4 is 11.1 Å². The summed E-state index contributed by atoms with van der Waals surface area (Å²) in [5, 5.41) is 2.99. The van der Waals surface area contributed by atoms with Crippen LogP contribution >= 0.6 is 12.4 Å². The van der Waals surface area contributed by atoms with Gasteiger partial charge in [-0.15, -0.1) is 12.4 Å². The van der Waals surface area contributed by atoms with Crippen molar-refractivity contribution in [2.75, 3.05) is 32.0 Å². The molecule has 1 fully saturated rings. The maximum atomic E-state index is 12.3. The van der Waals surface area contributed by atoms with Crippen molar-refractivity contribution in [3.05, 3.63) is 65.2 Å². The minimum Gasteiger partial charge on any atom is -0.399 e. The molecule has 1 aliphatic heterocycles. The van der Waals surface area contributed by atoms with Gasteiger partial charge in [-0.05, 0) is 35.4 Å². The molecule has 134 valence electrons. The molecule has 2 aromatic carbocycles.